The quantitative estimate of drug-likeness (QED) is 0.671. The van der Waals surface area contributed by atoms with E-state index in [0.717, 1.165) is 51.5 Å². The molecular weight excluding hydrogens is 202 g/mol. The molecule has 0 aromatic carbocycles. The standard InChI is InChI=1S/C12H23N3O/c1-10-3-6-14(7-4-10)12(16)15-8-5-13-11(2)9-15/h10-11,13H,3-9H2,1-2H3. The fraction of sp³-hybridized carbons (Fsp3) is 0.917. The summed E-state index contributed by atoms with van der Waals surface area (Å²) in [4.78, 5) is 16.3. The van der Waals surface area contributed by atoms with Gasteiger partial charge in [0.15, 0.2) is 0 Å². The molecule has 1 N–H and O–H groups in total. The maximum Gasteiger partial charge on any atom is 0.320 e. The van der Waals surface area contributed by atoms with Gasteiger partial charge in [0.25, 0.3) is 0 Å². The first-order valence-electron chi connectivity index (χ1n) is 6.44. The molecule has 2 fully saturated rings. The highest BCUT2D eigenvalue weighted by Gasteiger charge is 2.27. The van der Waals surface area contributed by atoms with Gasteiger partial charge in [0.05, 0.1) is 0 Å². The van der Waals surface area contributed by atoms with Crippen molar-refractivity contribution in [3.05, 3.63) is 0 Å². The summed E-state index contributed by atoms with van der Waals surface area (Å²) in [5.74, 6) is 0.783. The summed E-state index contributed by atoms with van der Waals surface area (Å²) in [6, 6.07) is 0.682. The lowest BCUT2D eigenvalue weighted by Crippen LogP contribution is -2.55. The second kappa shape index (κ2) is 5.04. The van der Waals surface area contributed by atoms with Gasteiger partial charge in [-0.25, -0.2) is 4.79 Å². The van der Waals surface area contributed by atoms with Gasteiger partial charge in [-0.15, -0.1) is 0 Å². The van der Waals surface area contributed by atoms with Crippen molar-refractivity contribution in [3.63, 3.8) is 0 Å². The van der Waals surface area contributed by atoms with Crippen LogP contribution in [0.25, 0.3) is 0 Å². The molecule has 2 heterocycles. The van der Waals surface area contributed by atoms with Crippen LogP contribution in [-0.2, 0) is 0 Å². The third kappa shape index (κ3) is 2.67. The van der Waals surface area contributed by atoms with E-state index in [1.54, 1.807) is 0 Å². The maximum atomic E-state index is 12.2. The van der Waals surface area contributed by atoms with Gasteiger partial charge in [-0.05, 0) is 25.7 Å². The first-order chi connectivity index (χ1) is 7.66. The third-order valence-corrected chi connectivity index (χ3v) is 3.69. The minimum absolute atomic E-state index is 0.250. The van der Waals surface area contributed by atoms with Crippen LogP contribution >= 0.6 is 0 Å². The molecule has 2 saturated heterocycles. The highest BCUT2D eigenvalue weighted by molar-refractivity contribution is 5.74. The lowest BCUT2D eigenvalue weighted by atomic mass is 9.99. The van der Waals surface area contributed by atoms with Crippen molar-refractivity contribution >= 4 is 6.03 Å². The number of nitrogens with zero attached hydrogens (tertiary/aromatic N) is 2. The molecule has 0 radical (unpaired) electrons. The molecule has 2 aliphatic heterocycles. The maximum absolute atomic E-state index is 12.2. The van der Waals surface area contributed by atoms with Gasteiger partial charge in [0.2, 0.25) is 0 Å². The van der Waals surface area contributed by atoms with Crippen LogP contribution in [0.4, 0.5) is 4.79 Å². The molecule has 2 rings (SSSR count). The van der Waals surface area contributed by atoms with E-state index in [0.29, 0.717) is 6.04 Å². The number of hydrogen-bond donors (Lipinski definition) is 1. The first-order valence-corrected chi connectivity index (χ1v) is 6.44. The van der Waals surface area contributed by atoms with Gasteiger partial charge in [0.1, 0.15) is 0 Å². The Bertz CT molecular complexity index is 249. The van der Waals surface area contributed by atoms with Gasteiger partial charge in [0, 0.05) is 38.8 Å². The Balaban J connectivity index is 1.86. The van der Waals surface area contributed by atoms with Crippen molar-refractivity contribution < 1.29 is 4.79 Å². The number of amides is 2. The first kappa shape index (κ1) is 11.7. The number of piperidine rings is 1. The van der Waals surface area contributed by atoms with E-state index in [9.17, 15) is 4.79 Å². The molecule has 4 nitrogen and oxygen atoms in total. The Morgan fingerprint density at radius 3 is 2.44 bits per heavy atom. The predicted octanol–water partition coefficient (Wildman–Crippen LogP) is 1.13. The summed E-state index contributed by atoms with van der Waals surface area (Å²) in [5.41, 5.74) is 0. The number of urea groups is 1. The highest BCUT2D eigenvalue weighted by atomic mass is 16.2. The Morgan fingerprint density at radius 1 is 1.12 bits per heavy atom. The largest absolute Gasteiger partial charge is 0.325 e. The number of hydrogen-bond acceptors (Lipinski definition) is 2. The van der Waals surface area contributed by atoms with E-state index in [4.69, 9.17) is 0 Å². The lowest BCUT2D eigenvalue weighted by Gasteiger charge is -2.38. The number of carbonyl (C=O) groups is 1. The topological polar surface area (TPSA) is 35.6 Å². The van der Waals surface area contributed by atoms with Gasteiger partial charge in [-0.1, -0.05) is 6.92 Å². The SMILES string of the molecule is CC1CCN(C(=O)N2CCNC(C)C2)CC1. The molecule has 16 heavy (non-hydrogen) atoms. The summed E-state index contributed by atoms with van der Waals surface area (Å²) in [6.07, 6.45) is 2.32. The molecule has 0 bridgehead atoms. The summed E-state index contributed by atoms with van der Waals surface area (Å²) in [5, 5.41) is 3.36. The fourth-order valence-corrected chi connectivity index (χ4v) is 2.51. The molecule has 4 heteroatoms. The third-order valence-electron chi connectivity index (χ3n) is 3.69. The van der Waals surface area contributed by atoms with E-state index < -0.39 is 0 Å². The van der Waals surface area contributed by atoms with Gasteiger partial charge in [-0.2, -0.15) is 0 Å². The molecule has 0 aliphatic carbocycles. The summed E-state index contributed by atoms with van der Waals surface area (Å²) in [7, 11) is 0. The van der Waals surface area contributed by atoms with Crippen LogP contribution in [0.3, 0.4) is 0 Å². The smallest absolute Gasteiger partial charge is 0.320 e. The molecule has 0 spiro atoms. The average molecular weight is 225 g/mol. The minimum atomic E-state index is 0.250. The van der Waals surface area contributed by atoms with Crippen molar-refractivity contribution in [3.8, 4) is 0 Å². The molecule has 1 unspecified atom stereocenters. The zero-order valence-corrected chi connectivity index (χ0v) is 10.4. The van der Waals surface area contributed by atoms with E-state index in [-0.39, 0.29) is 6.03 Å². The molecule has 1 atom stereocenters. The Labute approximate surface area is 98.0 Å². The summed E-state index contributed by atoms with van der Waals surface area (Å²) >= 11 is 0. The Kier molecular flexibility index (Phi) is 3.69. The van der Waals surface area contributed by atoms with Crippen LogP contribution in [0.2, 0.25) is 0 Å². The van der Waals surface area contributed by atoms with E-state index in [1.807, 2.05) is 9.80 Å². The van der Waals surface area contributed by atoms with Crippen molar-refractivity contribution in [2.75, 3.05) is 32.7 Å². The second-order valence-corrected chi connectivity index (χ2v) is 5.25. The van der Waals surface area contributed by atoms with E-state index >= 15 is 0 Å². The number of carbonyl (C=O) groups excluding carboxylic acids is 1. The monoisotopic (exact) mass is 225 g/mol. The van der Waals surface area contributed by atoms with Crippen molar-refractivity contribution in [2.24, 2.45) is 5.92 Å². The van der Waals surface area contributed by atoms with Crippen molar-refractivity contribution in [1.82, 2.24) is 15.1 Å². The molecule has 0 aromatic rings. The summed E-state index contributed by atoms with van der Waals surface area (Å²) in [6.45, 7) is 8.93. The molecule has 92 valence electrons. The van der Waals surface area contributed by atoms with Gasteiger partial charge in [-0.3, -0.25) is 0 Å². The van der Waals surface area contributed by atoms with Gasteiger partial charge < -0.3 is 15.1 Å². The number of piperazine rings is 1. The van der Waals surface area contributed by atoms with Crippen molar-refractivity contribution in [2.45, 2.75) is 32.7 Å². The molecule has 2 aliphatic rings. The molecule has 2 amide bonds. The second-order valence-electron chi connectivity index (χ2n) is 5.25. The lowest BCUT2D eigenvalue weighted by molar-refractivity contribution is 0.123. The zero-order chi connectivity index (χ0) is 11.5. The van der Waals surface area contributed by atoms with Crippen molar-refractivity contribution in [1.29, 1.82) is 0 Å². The normalized spacial score (nSPS) is 28.2. The van der Waals surface area contributed by atoms with Gasteiger partial charge >= 0.3 is 6.03 Å². The average Bonchev–Trinajstić information content (AvgIpc) is 2.29. The minimum Gasteiger partial charge on any atom is -0.325 e. The Hall–Kier alpha value is -0.770. The fourth-order valence-electron chi connectivity index (χ4n) is 2.51. The van der Waals surface area contributed by atoms with Crippen LogP contribution in [-0.4, -0.2) is 54.6 Å². The predicted molar refractivity (Wildman–Crippen MR) is 64.4 cm³/mol. The number of rotatable bonds is 0. The zero-order valence-electron chi connectivity index (χ0n) is 10.4. The summed E-state index contributed by atoms with van der Waals surface area (Å²) < 4.78 is 0. The van der Waals surface area contributed by atoms with Crippen LogP contribution < -0.4 is 5.32 Å². The number of likely N-dealkylation sites (tertiary alicyclic amines) is 1. The van der Waals surface area contributed by atoms with Crippen LogP contribution in [0, 0.1) is 5.92 Å². The van der Waals surface area contributed by atoms with Crippen LogP contribution in [0.1, 0.15) is 26.7 Å². The Morgan fingerprint density at radius 2 is 1.81 bits per heavy atom. The van der Waals surface area contributed by atoms with E-state index in [1.165, 1.54) is 0 Å². The van der Waals surface area contributed by atoms with Crippen LogP contribution in [0.15, 0.2) is 0 Å². The number of nitrogens with one attached hydrogen (secondary N) is 1. The highest BCUT2D eigenvalue weighted by Crippen LogP contribution is 2.17. The molecular formula is C12H23N3O. The van der Waals surface area contributed by atoms with Crippen LogP contribution in [0.5, 0.6) is 0 Å². The van der Waals surface area contributed by atoms with E-state index in [2.05, 4.69) is 19.2 Å². The molecule has 0 saturated carbocycles. The molecule has 0 aromatic heterocycles.